The number of piperidine rings is 1. The van der Waals surface area contributed by atoms with E-state index in [9.17, 15) is 8.42 Å². The average Bonchev–Trinajstić information content (AvgIpc) is 3.11. The maximum atomic E-state index is 13.0. The summed E-state index contributed by atoms with van der Waals surface area (Å²) in [6.45, 7) is 0. The van der Waals surface area contributed by atoms with E-state index in [0.29, 0.717) is 17.0 Å². The molecule has 2 heterocycles. The third kappa shape index (κ3) is 2.39. The number of sulfonamides is 1. The van der Waals surface area contributed by atoms with Crippen LogP contribution in [0.25, 0.3) is 0 Å². The molecule has 2 bridgehead atoms. The zero-order valence-corrected chi connectivity index (χ0v) is 13.9. The molecule has 2 aliphatic heterocycles. The van der Waals surface area contributed by atoms with Gasteiger partial charge in [-0.1, -0.05) is 6.07 Å². The number of rotatable bonds is 3. The molecule has 5 heteroatoms. The first kappa shape index (κ1) is 14.7. The Morgan fingerprint density at radius 2 is 1.77 bits per heavy atom. The van der Waals surface area contributed by atoms with E-state index in [-0.39, 0.29) is 6.04 Å². The molecule has 0 spiro atoms. The Bertz CT molecular complexity index is 674. The Morgan fingerprint density at radius 3 is 2.50 bits per heavy atom. The minimum atomic E-state index is -3.37. The molecule has 3 aliphatic rings. The van der Waals surface area contributed by atoms with Gasteiger partial charge in [0.15, 0.2) is 0 Å². The van der Waals surface area contributed by atoms with Crippen molar-refractivity contribution in [2.75, 3.05) is 7.05 Å². The largest absolute Gasteiger partial charge is 0.311 e. The number of nitrogens with zero attached hydrogens (tertiary/aromatic N) is 1. The van der Waals surface area contributed by atoms with Crippen LogP contribution in [0.2, 0.25) is 0 Å². The highest BCUT2D eigenvalue weighted by atomic mass is 32.2. The van der Waals surface area contributed by atoms with Crippen LogP contribution in [-0.2, 0) is 22.9 Å². The van der Waals surface area contributed by atoms with Crippen molar-refractivity contribution >= 4 is 10.0 Å². The van der Waals surface area contributed by atoms with Gasteiger partial charge in [-0.3, -0.25) is 0 Å². The molecule has 0 aromatic heterocycles. The smallest absolute Gasteiger partial charge is 0.243 e. The van der Waals surface area contributed by atoms with Crippen molar-refractivity contribution in [3.8, 4) is 0 Å². The van der Waals surface area contributed by atoms with E-state index in [1.165, 1.54) is 24.0 Å². The van der Waals surface area contributed by atoms with Crippen molar-refractivity contribution in [1.82, 2.24) is 9.62 Å². The summed E-state index contributed by atoms with van der Waals surface area (Å²) in [4.78, 5) is 0.474. The van der Waals surface area contributed by atoms with E-state index in [2.05, 4.69) is 5.32 Å². The Hall–Kier alpha value is -0.910. The lowest BCUT2D eigenvalue weighted by atomic mass is 10.0. The number of fused-ring (bicyclic) bond motifs is 3. The monoisotopic (exact) mass is 320 g/mol. The summed E-state index contributed by atoms with van der Waals surface area (Å²) in [6.07, 6.45) is 7.51. The minimum Gasteiger partial charge on any atom is -0.311 e. The molecular formula is C17H24N2O2S. The van der Waals surface area contributed by atoms with Crippen LogP contribution < -0.4 is 5.32 Å². The molecule has 4 rings (SSSR count). The van der Waals surface area contributed by atoms with E-state index < -0.39 is 10.0 Å². The second-order valence-electron chi connectivity index (χ2n) is 7.07. The molecule has 0 radical (unpaired) electrons. The first-order valence-electron chi connectivity index (χ1n) is 8.40. The highest BCUT2D eigenvalue weighted by Crippen LogP contribution is 2.32. The fourth-order valence-electron chi connectivity index (χ4n) is 4.40. The standard InChI is InChI=1S/C17H24N2O2S/c1-19(16-10-14-6-7-15(11-16)18-14)22(20,21)17-8-5-12-3-2-4-13(12)9-17/h5,8-9,14-16,18H,2-4,6-7,10-11H2,1H3. The van der Waals surface area contributed by atoms with E-state index in [1.54, 1.807) is 17.4 Å². The molecule has 2 unspecified atom stereocenters. The van der Waals surface area contributed by atoms with Gasteiger partial charge in [0.05, 0.1) is 4.90 Å². The van der Waals surface area contributed by atoms with Crippen molar-refractivity contribution in [1.29, 1.82) is 0 Å². The SMILES string of the molecule is CN(C1CC2CCC(C1)N2)S(=O)(=O)c1ccc2c(c1)CCC2. The van der Waals surface area contributed by atoms with Gasteiger partial charge in [-0.2, -0.15) is 4.31 Å². The zero-order chi connectivity index (χ0) is 15.3. The summed E-state index contributed by atoms with van der Waals surface area (Å²) >= 11 is 0. The van der Waals surface area contributed by atoms with Crippen molar-refractivity contribution in [2.24, 2.45) is 0 Å². The van der Waals surface area contributed by atoms with Crippen LogP contribution >= 0.6 is 0 Å². The summed E-state index contributed by atoms with van der Waals surface area (Å²) < 4.78 is 27.6. The normalized spacial score (nSPS) is 30.7. The molecule has 1 N–H and O–H groups in total. The van der Waals surface area contributed by atoms with Crippen LogP contribution in [-0.4, -0.2) is 37.9 Å². The number of hydrogen-bond acceptors (Lipinski definition) is 3. The lowest BCUT2D eigenvalue weighted by Gasteiger charge is -2.34. The van der Waals surface area contributed by atoms with Gasteiger partial charge in [0, 0.05) is 25.2 Å². The maximum absolute atomic E-state index is 13.0. The fourth-order valence-corrected chi connectivity index (χ4v) is 5.82. The number of aryl methyl sites for hydroxylation is 2. The van der Waals surface area contributed by atoms with Crippen molar-refractivity contribution in [2.45, 2.75) is 68.0 Å². The molecule has 22 heavy (non-hydrogen) atoms. The van der Waals surface area contributed by atoms with E-state index >= 15 is 0 Å². The summed E-state index contributed by atoms with van der Waals surface area (Å²) in [5.41, 5.74) is 2.54. The molecule has 4 nitrogen and oxygen atoms in total. The Balaban J connectivity index is 1.60. The maximum Gasteiger partial charge on any atom is 0.243 e. The predicted molar refractivity (Wildman–Crippen MR) is 86.4 cm³/mol. The molecule has 2 fully saturated rings. The summed E-state index contributed by atoms with van der Waals surface area (Å²) in [5, 5.41) is 3.58. The van der Waals surface area contributed by atoms with Crippen molar-refractivity contribution < 1.29 is 8.42 Å². The molecule has 0 amide bonds. The number of nitrogens with one attached hydrogen (secondary N) is 1. The summed E-state index contributed by atoms with van der Waals surface area (Å²) in [5.74, 6) is 0. The predicted octanol–water partition coefficient (Wildman–Crippen LogP) is 2.08. The van der Waals surface area contributed by atoms with Gasteiger partial charge in [-0.25, -0.2) is 8.42 Å². The highest BCUT2D eigenvalue weighted by molar-refractivity contribution is 7.89. The van der Waals surface area contributed by atoms with Gasteiger partial charge in [-0.05, 0) is 68.2 Å². The molecule has 0 saturated carbocycles. The Morgan fingerprint density at radius 1 is 1.09 bits per heavy atom. The lowest BCUT2D eigenvalue weighted by molar-refractivity contribution is 0.251. The van der Waals surface area contributed by atoms with Crippen LogP contribution in [0.3, 0.4) is 0 Å². The van der Waals surface area contributed by atoms with Crippen LogP contribution in [0, 0.1) is 0 Å². The summed E-state index contributed by atoms with van der Waals surface area (Å²) in [6, 6.07) is 6.85. The average molecular weight is 320 g/mol. The van der Waals surface area contributed by atoms with Crippen LogP contribution in [0.15, 0.2) is 23.1 Å². The van der Waals surface area contributed by atoms with Gasteiger partial charge in [0.1, 0.15) is 0 Å². The van der Waals surface area contributed by atoms with E-state index in [4.69, 9.17) is 0 Å². The second-order valence-corrected chi connectivity index (χ2v) is 9.07. The van der Waals surface area contributed by atoms with Crippen molar-refractivity contribution in [3.05, 3.63) is 29.3 Å². The third-order valence-electron chi connectivity index (χ3n) is 5.71. The van der Waals surface area contributed by atoms with Crippen LogP contribution in [0.4, 0.5) is 0 Å². The molecule has 120 valence electrons. The summed E-state index contributed by atoms with van der Waals surface area (Å²) in [7, 11) is -1.61. The molecule has 1 aromatic rings. The highest BCUT2D eigenvalue weighted by Gasteiger charge is 2.38. The second kappa shape index (κ2) is 5.32. The first-order chi connectivity index (χ1) is 10.5. The molecule has 2 saturated heterocycles. The fraction of sp³-hybridized carbons (Fsp3) is 0.647. The Labute approximate surface area is 132 Å². The lowest BCUT2D eigenvalue weighted by Crippen LogP contribution is -2.48. The van der Waals surface area contributed by atoms with Gasteiger partial charge < -0.3 is 5.32 Å². The zero-order valence-electron chi connectivity index (χ0n) is 13.1. The molecule has 1 aromatic carbocycles. The molecule has 1 aliphatic carbocycles. The number of benzene rings is 1. The van der Waals surface area contributed by atoms with Crippen molar-refractivity contribution in [3.63, 3.8) is 0 Å². The van der Waals surface area contributed by atoms with E-state index in [1.807, 2.05) is 12.1 Å². The van der Waals surface area contributed by atoms with Gasteiger partial charge >= 0.3 is 0 Å². The van der Waals surface area contributed by atoms with Gasteiger partial charge in [0.25, 0.3) is 0 Å². The van der Waals surface area contributed by atoms with Gasteiger partial charge in [-0.15, -0.1) is 0 Å². The topological polar surface area (TPSA) is 49.4 Å². The van der Waals surface area contributed by atoms with Gasteiger partial charge in [0.2, 0.25) is 10.0 Å². The molecular weight excluding hydrogens is 296 g/mol. The molecule has 2 atom stereocenters. The van der Waals surface area contributed by atoms with E-state index in [0.717, 1.165) is 32.1 Å². The minimum absolute atomic E-state index is 0.136. The number of hydrogen-bond donors (Lipinski definition) is 1. The Kier molecular flexibility index (Phi) is 3.55. The third-order valence-corrected chi connectivity index (χ3v) is 7.62. The first-order valence-corrected chi connectivity index (χ1v) is 9.84. The van der Waals surface area contributed by atoms with Crippen LogP contribution in [0.1, 0.15) is 43.2 Å². The quantitative estimate of drug-likeness (QED) is 0.928. The van der Waals surface area contributed by atoms with Crippen LogP contribution in [0.5, 0.6) is 0 Å².